The van der Waals surface area contributed by atoms with Crippen molar-refractivity contribution in [3.8, 4) is 0 Å². The minimum absolute atomic E-state index is 0.0908. The molecule has 3 rings (SSSR count). The summed E-state index contributed by atoms with van der Waals surface area (Å²) in [5.41, 5.74) is 1.01. The number of aliphatic carboxylic acids is 1. The quantitative estimate of drug-likeness (QED) is 0.673. The molecule has 0 bridgehead atoms. The number of carboxylic acid groups (broad SMARTS) is 2. The normalized spacial score (nSPS) is 22.3. The Morgan fingerprint density at radius 2 is 1.70 bits per heavy atom. The van der Waals surface area contributed by atoms with Crippen molar-refractivity contribution < 1.29 is 29.3 Å². The first-order valence-corrected chi connectivity index (χ1v) is 8.86. The van der Waals surface area contributed by atoms with Crippen molar-refractivity contribution in [2.24, 2.45) is 11.8 Å². The number of hydrogen-bond donors (Lipinski definition) is 3. The number of carbonyl (C=O) groups is 3. The zero-order valence-corrected chi connectivity index (χ0v) is 14.8. The summed E-state index contributed by atoms with van der Waals surface area (Å²) in [6, 6.07) is 4.73. The third-order valence-electron chi connectivity index (χ3n) is 4.93. The van der Waals surface area contributed by atoms with Crippen LogP contribution < -0.4 is 10.2 Å². The molecule has 8 nitrogen and oxygen atoms in total. The Morgan fingerprint density at radius 3 is 2.33 bits per heavy atom. The van der Waals surface area contributed by atoms with Gasteiger partial charge in [-0.3, -0.25) is 9.59 Å². The molecule has 144 valence electrons. The van der Waals surface area contributed by atoms with Gasteiger partial charge in [-0.2, -0.15) is 0 Å². The van der Waals surface area contributed by atoms with Crippen LogP contribution in [0.1, 0.15) is 23.2 Å². The van der Waals surface area contributed by atoms with Gasteiger partial charge in [0.1, 0.15) is 0 Å². The molecular formula is C19H22N2O6. The highest BCUT2D eigenvalue weighted by molar-refractivity contribution is 5.99. The third kappa shape index (κ3) is 4.28. The van der Waals surface area contributed by atoms with E-state index in [9.17, 15) is 24.6 Å². The second kappa shape index (κ2) is 8.22. The van der Waals surface area contributed by atoms with Crippen molar-refractivity contribution >= 4 is 29.2 Å². The molecule has 1 aliphatic heterocycles. The van der Waals surface area contributed by atoms with Crippen molar-refractivity contribution in [3.63, 3.8) is 0 Å². The number of hydrogen-bond acceptors (Lipinski definition) is 5. The molecule has 1 aromatic rings. The van der Waals surface area contributed by atoms with E-state index in [4.69, 9.17) is 4.74 Å². The zero-order valence-electron chi connectivity index (χ0n) is 14.8. The standard InChI is InChI=1S/C19H22N2O6/c22-17(13-3-1-2-4-14(13)18(23)24)20-12-5-6-16(15(11-12)19(25)26)21-7-9-27-10-8-21/h1-2,5-6,11,13-14H,3-4,7-10H2,(H,20,22)(H,23,24)(H,25,26)/t13-,14+/m0/s1. The van der Waals surface area contributed by atoms with Gasteiger partial charge in [0.05, 0.1) is 36.3 Å². The molecule has 0 unspecified atom stereocenters. The topological polar surface area (TPSA) is 116 Å². The summed E-state index contributed by atoms with van der Waals surface area (Å²) in [5, 5.41) is 21.6. The molecule has 0 aromatic heterocycles. The SMILES string of the molecule is O=C(O)c1cc(NC(=O)[C@H]2CC=CC[C@H]2C(=O)O)ccc1N1CCOCC1. The molecule has 1 heterocycles. The zero-order chi connectivity index (χ0) is 19.4. The summed E-state index contributed by atoms with van der Waals surface area (Å²) in [6.07, 6.45) is 4.22. The van der Waals surface area contributed by atoms with Gasteiger partial charge in [-0.15, -0.1) is 0 Å². The maximum absolute atomic E-state index is 12.6. The molecule has 3 N–H and O–H groups in total. The number of rotatable bonds is 5. The lowest BCUT2D eigenvalue weighted by atomic mass is 9.82. The van der Waals surface area contributed by atoms with Crippen LogP contribution >= 0.6 is 0 Å². The summed E-state index contributed by atoms with van der Waals surface area (Å²) >= 11 is 0. The fourth-order valence-electron chi connectivity index (χ4n) is 3.48. The van der Waals surface area contributed by atoms with E-state index in [2.05, 4.69) is 5.32 Å². The summed E-state index contributed by atoms with van der Waals surface area (Å²) in [4.78, 5) is 37.6. The van der Waals surface area contributed by atoms with E-state index in [1.165, 1.54) is 6.07 Å². The molecule has 0 spiro atoms. The van der Waals surface area contributed by atoms with Crippen LogP contribution in [0.25, 0.3) is 0 Å². The van der Waals surface area contributed by atoms with Gasteiger partial charge in [0.15, 0.2) is 0 Å². The summed E-state index contributed by atoms with van der Waals surface area (Å²) in [7, 11) is 0. The van der Waals surface area contributed by atoms with Crippen LogP contribution in [-0.2, 0) is 14.3 Å². The van der Waals surface area contributed by atoms with Crippen LogP contribution in [0.15, 0.2) is 30.4 Å². The molecule has 0 radical (unpaired) electrons. The Bertz CT molecular complexity index is 769. The lowest BCUT2D eigenvalue weighted by molar-refractivity contribution is -0.146. The molecule has 27 heavy (non-hydrogen) atoms. The number of benzene rings is 1. The molecule has 8 heteroatoms. The van der Waals surface area contributed by atoms with Gasteiger partial charge in [-0.05, 0) is 31.0 Å². The summed E-state index contributed by atoms with van der Waals surface area (Å²) < 4.78 is 5.29. The van der Waals surface area contributed by atoms with Crippen molar-refractivity contribution in [2.75, 3.05) is 36.5 Å². The number of aromatic carboxylic acids is 1. The average molecular weight is 374 g/mol. The van der Waals surface area contributed by atoms with Gasteiger partial charge >= 0.3 is 11.9 Å². The predicted octanol–water partition coefficient (Wildman–Crippen LogP) is 1.83. The summed E-state index contributed by atoms with van der Waals surface area (Å²) in [6.45, 7) is 2.26. The number of allylic oxidation sites excluding steroid dienone is 2. The van der Waals surface area contributed by atoms with Crippen molar-refractivity contribution in [1.29, 1.82) is 0 Å². The minimum atomic E-state index is -1.09. The molecule has 2 aliphatic rings. The highest BCUT2D eigenvalue weighted by Gasteiger charge is 2.34. The molecular weight excluding hydrogens is 352 g/mol. The minimum Gasteiger partial charge on any atom is -0.481 e. The Balaban J connectivity index is 1.79. The lowest BCUT2D eigenvalue weighted by Gasteiger charge is -2.30. The van der Waals surface area contributed by atoms with Crippen LogP contribution in [0.5, 0.6) is 0 Å². The average Bonchev–Trinajstić information content (AvgIpc) is 2.68. The van der Waals surface area contributed by atoms with E-state index in [1.807, 2.05) is 4.90 Å². The van der Waals surface area contributed by atoms with Gasteiger partial charge in [0.25, 0.3) is 0 Å². The smallest absolute Gasteiger partial charge is 0.337 e. The highest BCUT2D eigenvalue weighted by atomic mass is 16.5. The first-order chi connectivity index (χ1) is 13.0. The van der Waals surface area contributed by atoms with Crippen LogP contribution in [0.4, 0.5) is 11.4 Å². The lowest BCUT2D eigenvalue weighted by Crippen LogP contribution is -2.37. The second-order valence-corrected chi connectivity index (χ2v) is 6.62. The van der Waals surface area contributed by atoms with Crippen LogP contribution in [0.3, 0.4) is 0 Å². The molecule has 1 aromatic carbocycles. The van der Waals surface area contributed by atoms with E-state index < -0.39 is 29.7 Å². The number of morpholine rings is 1. The Morgan fingerprint density at radius 1 is 1.04 bits per heavy atom. The Hall–Kier alpha value is -2.87. The number of carboxylic acids is 2. The fourth-order valence-corrected chi connectivity index (χ4v) is 3.48. The van der Waals surface area contributed by atoms with E-state index in [1.54, 1.807) is 24.3 Å². The first-order valence-electron chi connectivity index (χ1n) is 8.86. The molecule has 0 saturated carbocycles. The molecule has 1 amide bonds. The number of nitrogens with one attached hydrogen (secondary N) is 1. The van der Waals surface area contributed by atoms with Gasteiger partial charge in [0, 0.05) is 18.8 Å². The Labute approximate surface area is 156 Å². The van der Waals surface area contributed by atoms with Crippen molar-refractivity contribution in [2.45, 2.75) is 12.8 Å². The molecule has 2 atom stereocenters. The monoisotopic (exact) mass is 374 g/mol. The van der Waals surface area contributed by atoms with Gasteiger partial charge in [-0.1, -0.05) is 12.2 Å². The van der Waals surface area contributed by atoms with E-state index in [-0.39, 0.29) is 5.56 Å². The molecule has 1 saturated heterocycles. The third-order valence-corrected chi connectivity index (χ3v) is 4.93. The number of amides is 1. The van der Waals surface area contributed by atoms with E-state index in [0.29, 0.717) is 50.5 Å². The van der Waals surface area contributed by atoms with Crippen molar-refractivity contribution in [3.05, 3.63) is 35.9 Å². The number of carbonyl (C=O) groups excluding carboxylic acids is 1. The van der Waals surface area contributed by atoms with Crippen LogP contribution in [-0.4, -0.2) is 54.4 Å². The van der Waals surface area contributed by atoms with Crippen molar-refractivity contribution in [1.82, 2.24) is 0 Å². The van der Waals surface area contributed by atoms with Gasteiger partial charge in [-0.25, -0.2) is 4.79 Å². The fraction of sp³-hybridized carbons (Fsp3) is 0.421. The van der Waals surface area contributed by atoms with Crippen LogP contribution in [0, 0.1) is 11.8 Å². The molecule has 1 fully saturated rings. The second-order valence-electron chi connectivity index (χ2n) is 6.62. The number of nitrogens with zero attached hydrogens (tertiary/aromatic N) is 1. The van der Waals surface area contributed by atoms with Crippen LogP contribution in [0.2, 0.25) is 0 Å². The summed E-state index contributed by atoms with van der Waals surface area (Å²) in [5.74, 6) is -3.96. The maximum atomic E-state index is 12.6. The first kappa shape index (κ1) is 18.9. The molecule has 1 aliphatic carbocycles. The number of anilines is 2. The number of ether oxygens (including phenoxy) is 1. The van der Waals surface area contributed by atoms with Gasteiger partial charge in [0.2, 0.25) is 5.91 Å². The maximum Gasteiger partial charge on any atom is 0.337 e. The van der Waals surface area contributed by atoms with Gasteiger partial charge < -0.3 is 25.2 Å². The van der Waals surface area contributed by atoms with E-state index >= 15 is 0 Å². The van der Waals surface area contributed by atoms with E-state index in [0.717, 1.165) is 0 Å². The Kier molecular flexibility index (Phi) is 5.75. The predicted molar refractivity (Wildman–Crippen MR) is 98.1 cm³/mol. The largest absolute Gasteiger partial charge is 0.481 e. The highest BCUT2D eigenvalue weighted by Crippen LogP contribution is 2.29.